The summed E-state index contributed by atoms with van der Waals surface area (Å²) in [5.74, 6) is 0.940. The van der Waals surface area contributed by atoms with Gasteiger partial charge in [0.15, 0.2) is 16.6 Å². The van der Waals surface area contributed by atoms with Crippen LogP contribution in [0.5, 0.6) is 11.5 Å². The smallest absolute Gasteiger partial charge is 0.187 e. The zero-order chi connectivity index (χ0) is 19.5. The molecule has 0 heterocycles. The summed E-state index contributed by atoms with van der Waals surface area (Å²) in [5, 5.41) is 7.41. The van der Waals surface area contributed by atoms with Gasteiger partial charge in [0.05, 0.1) is 12.8 Å². The van der Waals surface area contributed by atoms with Crippen LogP contribution in [0.1, 0.15) is 18.1 Å². The minimum atomic E-state index is -0.273. The van der Waals surface area contributed by atoms with E-state index in [1.165, 1.54) is 12.1 Å². The number of halogens is 1. The van der Waals surface area contributed by atoms with Gasteiger partial charge in [-0.3, -0.25) is 5.43 Å². The molecule has 0 amide bonds. The van der Waals surface area contributed by atoms with Crippen LogP contribution in [0.15, 0.2) is 60.2 Å². The minimum Gasteiger partial charge on any atom is -0.490 e. The fourth-order valence-electron chi connectivity index (χ4n) is 2.10. The highest BCUT2D eigenvalue weighted by Gasteiger charge is 2.07. The van der Waals surface area contributed by atoms with E-state index in [-0.39, 0.29) is 5.82 Å². The minimum absolute atomic E-state index is 0.273. The molecule has 2 aromatic carbocycles. The van der Waals surface area contributed by atoms with Crippen molar-refractivity contribution in [2.24, 2.45) is 5.10 Å². The van der Waals surface area contributed by atoms with Gasteiger partial charge in [-0.2, -0.15) is 5.10 Å². The number of hydrogen-bond acceptors (Lipinski definition) is 4. The predicted molar refractivity (Wildman–Crippen MR) is 110 cm³/mol. The van der Waals surface area contributed by atoms with Gasteiger partial charge in [-0.15, -0.1) is 6.58 Å². The highest BCUT2D eigenvalue weighted by atomic mass is 32.1. The van der Waals surface area contributed by atoms with Crippen molar-refractivity contribution in [3.63, 3.8) is 0 Å². The van der Waals surface area contributed by atoms with Crippen LogP contribution in [-0.2, 0) is 6.61 Å². The Labute approximate surface area is 163 Å². The molecule has 27 heavy (non-hydrogen) atoms. The van der Waals surface area contributed by atoms with E-state index in [1.807, 2.05) is 25.1 Å². The maximum absolute atomic E-state index is 13.0. The highest BCUT2D eigenvalue weighted by molar-refractivity contribution is 7.80. The van der Waals surface area contributed by atoms with Gasteiger partial charge in [0.2, 0.25) is 0 Å². The number of thiocarbonyl (C=S) groups is 1. The molecule has 0 saturated heterocycles. The fourth-order valence-corrected chi connectivity index (χ4v) is 2.24. The second kappa shape index (κ2) is 10.9. The summed E-state index contributed by atoms with van der Waals surface area (Å²) in [6, 6.07) is 11.7. The molecule has 0 aliphatic rings. The lowest BCUT2D eigenvalue weighted by Gasteiger charge is -2.12. The second-order valence-corrected chi connectivity index (χ2v) is 5.83. The van der Waals surface area contributed by atoms with Crippen molar-refractivity contribution in [2.75, 3.05) is 13.2 Å². The summed E-state index contributed by atoms with van der Waals surface area (Å²) in [6.07, 6.45) is 3.34. The van der Waals surface area contributed by atoms with E-state index < -0.39 is 0 Å². The molecule has 2 aromatic rings. The molecule has 0 saturated carbocycles. The Bertz CT molecular complexity index is 794. The highest BCUT2D eigenvalue weighted by Crippen LogP contribution is 2.28. The third kappa shape index (κ3) is 7.07. The van der Waals surface area contributed by atoms with Gasteiger partial charge in [-0.05, 0) is 60.6 Å². The van der Waals surface area contributed by atoms with Crippen LogP contribution in [0.2, 0.25) is 0 Å². The molecule has 0 fully saturated rings. The molecule has 7 heteroatoms. The van der Waals surface area contributed by atoms with Crippen molar-refractivity contribution in [1.82, 2.24) is 10.7 Å². The second-order valence-electron chi connectivity index (χ2n) is 5.42. The van der Waals surface area contributed by atoms with E-state index in [0.29, 0.717) is 36.4 Å². The standard InChI is InChI=1S/C20H22FN3O2S/c1-3-11-22-20(27)24-23-13-16-7-10-18(19(12-16)25-4-2)26-14-15-5-8-17(21)9-6-15/h3,5-10,12-13H,1,4,11,14H2,2H3,(H2,22,24,27)/b23-13-. The predicted octanol–water partition coefficient (Wildman–Crippen LogP) is 3.79. The summed E-state index contributed by atoms with van der Waals surface area (Å²) < 4.78 is 24.4. The first-order chi connectivity index (χ1) is 13.1. The first-order valence-corrected chi connectivity index (χ1v) is 8.85. The average molecular weight is 387 g/mol. The summed E-state index contributed by atoms with van der Waals surface area (Å²) in [6.45, 7) is 6.89. The summed E-state index contributed by atoms with van der Waals surface area (Å²) >= 11 is 5.06. The molecule has 0 aliphatic carbocycles. The molecule has 0 aliphatic heterocycles. The van der Waals surface area contributed by atoms with Crippen molar-refractivity contribution in [2.45, 2.75) is 13.5 Å². The quantitative estimate of drug-likeness (QED) is 0.297. The summed E-state index contributed by atoms with van der Waals surface area (Å²) in [7, 11) is 0. The Morgan fingerprint density at radius 1 is 1.19 bits per heavy atom. The molecule has 5 nitrogen and oxygen atoms in total. The largest absolute Gasteiger partial charge is 0.490 e. The van der Waals surface area contributed by atoms with Crippen molar-refractivity contribution in [3.8, 4) is 11.5 Å². The van der Waals surface area contributed by atoms with Crippen LogP contribution in [-0.4, -0.2) is 24.5 Å². The van der Waals surface area contributed by atoms with Crippen LogP contribution in [0.4, 0.5) is 4.39 Å². The van der Waals surface area contributed by atoms with Crippen LogP contribution in [0.3, 0.4) is 0 Å². The summed E-state index contributed by atoms with van der Waals surface area (Å²) in [4.78, 5) is 0. The fraction of sp³-hybridized carbons (Fsp3) is 0.200. The summed E-state index contributed by atoms with van der Waals surface area (Å²) in [5.41, 5.74) is 4.42. The van der Waals surface area contributed by atoms with Crippen molar-refractivity contribution in [1.29, 1.82) is 0 Å². The number of hydrogen-bond donors (Lipinski definition) is 2. The van der Waals surface area contributed by atoms with Gasteiger partial charge in [0.1, 0.15) is 12.4 Å². The number of benzene rings is 2. The molecule has 0 aromatic heterocycles. The first kappa shape index (κ1) is 20.4. The molecular weight excluding hydrogens is 365 g/mol. The monoisotopic (exact) mass is 387 g/mol. The van der Waals surface area contributed by atoms with E-state index in [1.54, 1.807) is 24.4 Å². The molecular formula is C20H22FN3O2S. The molecule has 0 bridgehead atoms. The van der Waals surface area contributed by atoms with Gasteiger partial charge >= 0.3 is 0 Å². The third-order valence-electron chi connectivity index (χ3n) is 3.36. The Hall–Kier alpha value is -2.93. The van der Waals surface area contributed by atoms with E-state index in [2.05, 4.69) is 22.4 Å². The van der Waals surface area contributed by atoms with Gasteiger partial charge in [0, 0.05) is 6.54 Å². The van der Waals surface area contributed by atoms with E-state index in [9.17, 15) is 4.39 Å². The van der Waals surface area contributed by atoms with Crippen molar-refractivity contribution in [3.05, 3.63) is 72.1 Å². The Morgan fingerprint density at radius 3 is 2.67 bits per heavy atom. The maximum Gasteiger partial charge on any atom is 0.187 e. The average Bonchev–Trinajstić information content (AvgIpc) is 2.67. The van der Waals surface area contributed by atoms with E-state index >= 15 is 0 Å². The molecule has 2 N–H and O–H groups in total. The SMILES string of the molecule is C=CCNC(=S)N/N=C\c1ccc(OCc2ccc(F)cc2)c(OCC)c1. The van der Waals surface area contributed by atoms with E-state index in [4.69, 9.17) is 21.7 Å². The lowest BCUT2D eigenvalue weighted by Crippen LogP contribution is -2.31. The third-order valence-corrected chi connectivity index (χ3v) is 3.60. The topological polar surface area (TPSA) is 54.9 Å². The molecule has 142 valence electrons. The zero-order valence-corrected chi connectivity index (χ0v) is 15.9. The number of nitrogens with one attached hydrogen (secondary N) is 2. The van der Waals surface area contributed by atoms with E-state index in [0.717, 1.165) is 11.1 Å². The molecule has 0 spiro atoms. The van der Waals surface area contributed by atoms with Crippen LogP contribution in [0.25, 0.3) is 0 Å². The van der Waals surface area contributed by atoms with Gasteiger partial charge < -0.3 is 14.8 Å². The van der Waals surface area contributed by atoms with Gasteiger partial charge in [0.25, 0.3) is 0 Å². The van der Waals surface area contributed by atoms with Crippen molar-refractivity contribution < 1.29 is 13.9 Å². The lowest BCUT2D eigenvalue weighted by molar-refractivity contribution is 0.269. The van der Waals surface area contributed by atoms with Crippen LogP contribution >= 0.6 is 12.2 Å². The number of rotatable bonds is 9. The van der Waals surface area contributed by atoms with Gasteiger partial charge in [-0.25, -0.2) is 4.39 Å². The first-order valence-electron chi connectivity index (χ1n) is 8.44. The normalized spacial score (nSPS) is 10.4. The molecule has 2 rings (SSSR count). The van der Waals surface area contributed by atoms with Gasteiger partial charge in [-0.1, -0.05) is 18.2 Å². The lowest BCUT2D eigenvalue weighted by atomic mass is 10.2. The Morgan fingerprint density at radius 2 is 1.96 bits per heavy atom. The molecule has 0 atom stereocenters. The molecule has 0 radical (unpaired) electrons. The van der Waals surface area contributed by atoms with Crippen molar-refractivity contribution >= 4 is 23.5 Å². The Balaban J connectivity index is 2.01. The maximum atomic E-state index is 13.0. The number of ether oxygens (including phenoxy) is 2. The van der Waals surface area contributed by atoms with Crippen LogP contribution < -0.4 is 20.2 Å². The molecule has 0 unspecified atom stereocenters. The number of hydrazone groups is 1. The van der Waals surface area contributed by atoms with Crippen LogP contribution in [0, 0.1) is 5.82 Å². The zero-order valence-electron chi connectivity index (χ0n) is 15.1. The number of nitrogens with zero attached hydrogens (tertiary/aromatic N) is 1. The Kier molecular flexibility index (Phi) is 8.25.